The standard InChI is InChI=1S/C21H24FN5O2/c1-13(2)25-21(29)23-8-9-27-12-24-18-10-15(5-7-19(18)27)20(28)26-16-6-4-14(3)17(22)11-16/h4-7,10-13H,8-9H2,1-3H3,(H,26,28)(H2,23,25,29). The third-order valence-electron chi connectivity index (χ3n) is 4.37. The predicted octanol–water partition coefficient (Wildman–Crippen LogP) is 3.44. The van der Waals surface area contributed by atoms with Crippen molar-refractivity contribution in [1.29, 1.82) is 0 Å². The molecule has 0 saturated carbocycles. The predicted molar refractivity (Wildman–Crippen MR) is 110 cm³/mol. The lowest BCUT2D eigenvalue weighted by molar-refractivity contribution is 0.102. The number of carbonyl (C=O) groups excluding carboxylic acids is 2. The van der Waals surface area contributed by atoms with E-state index in [0.29, 0.717) is 35.4 Å². The highest BCUT2D eigenvalue weighted by Crippen LogP contribution is 2.18. The molecule has 0 bridgehead atoms. The summed E-state index contributed by atoms with van der Waals surface area (Å²) in [4.78, 5) is 28.4. The summed E-state index contributed by atoms with van der Waals surface area (Å²) in [5.41, 5.74) is 2.87. The molecule has 3 aromatic rings. The number of halogens is 1. The number of amides is 3. The second-order valence-corrected chi connectivity index (χ2v) is 7.11. The van der Waals surface area contributed by atoms with Crippen molar-refractivity contribution in [3.8, 4) is 0 Å². The number of benzene rings is 2. The minimum atomic E-state index is -0.368. The fraction of sp³-hybridized carbons (Fsp3) is 0.286. The molecule has 0 aliphatic heterocycles. The summed E-state index contributed by atoms with van der Waals surface area (Å²) in [6, 6.07) is 9.62. The average Bonchev–Trinajstić information content (AvgIpc) is 3.06. The Labute approximate surface area is 168 Å². The maximum Gasteiger partial charge on any atom is 0.315 e. The number of carbonyl (C=O) groups is 2. The number of hydrogen-bond acceptors (Lipinski definition) is 3. The third-order valence-corrected chi connectivity index (χ3v) is 4.37. The van der Waals surface area contributed by atoms with Crippen molar-refractivity contribution in [2.75, 3.05) is 11.9 Å². The average molecular weight is 397 g/mol. The number of imidazole rings is 1. The first kappa shape index (κ1) is 20.3. The normalized spacial score (nSPS) is 10.9. The zero-order chi connectivity index (χ0) is 21.0. The maximum absolute atomic E-state index is 13.7. The lowest BCUT2D eigenvalue weighted by atomic mass is 10.1. The van der Waals surface area contributed by atoms with E-state index in [4.69, 9.17) is 0 Å². The van der Waals surface area contributed by atoms with Crippen LogP contribution in [0.15, 0.2) is 42.7 Å². The third kappa shape index (κ3) is 5.10. The van der Waals surface area contributed by atoms with Crippen LogP contribution in [0.3, 0.4) is 0 Å². The molecule has 29 heavy (non-hydrogen) atoms. The molecular formula is C21H24FN5O2. The van der Waals surface area contributed by atoms with E-state index in [-0.39, 0.29) is 23.8 Å². The van der Waals surface area contributed by atoms with Gasteiger partial charge in [0.15, 0.2) is 0 Å². The highest BCUT2D eigenvalue weighted by atomic mass is 19.1. The number of hydrogen-bond donors (Lipinski definition) is 3. The van der Waals surface area contributed by atoms with Crippen molar-refractivity contribution in [3.05, 3.63) is 59.7 Å². The zero-order valence-corrected chi connectivity index (χ0v) is 16.6. The van der Waals surface area contributed by atoms with Crippen LogP contribution in [0.5, 0.6) is 0 Å². The van der Waals surface area contributed by atoms with Crippen LogP contribution in [0.2, 0.25) is 0 Å². The van der Waals surface area contributed by atoms with Crippen molar-refractivity contribution in [2.45, 2.75) is 33.4 Å². The molecule has 0 aliphatic rings. The second kappa shape index (κ2) is 8.72. The molecule has 2 aromatic carbocycles. The molecule has 0 atom stereocenters. The fourth-order valence-corrected chi connectivity index (χ4v) is 2.86. The molecule has 8 heteroatoms. The Morgan fingerprint density at radius 2 is 1.97 bits per heavy atom. The molecule has 7 nitrogen and oxygen atoms in total. The van der Waals surface area contributed by atoms with Gasteiger partial charge in [0, 0.05) is 30.4 Å². The number of anilines is 1. The Morgan fingerprint density at radius 3 is 2.69 bits per heavy atom. The van der Waals surface area contributed by atoms with Gasteiger partial charge in [-0.25, -0.2) is 14.2 Å². The van der Waals surface area contributed by atoms with Gasteiger partial charge in [-0.15, -0.1) is 0 Å². The van der Waals surface area contributed by atoms with E-state index in [9.17, 15) is 14.0 Å². The minimum Gasteiger partial charge on any atom is -0.336 e. The van der Waals surface area contributed by atoms with E-state index in [0.717, 1.165) is 5.52 Å². The number of aryl methyl sites for hydroxylation is 1. The van der Waals surface area contributed by atoms with Gasteiger partial charge in [-0.2, -0.15) is 0 Å². The van der Waals surface area contributed by atoms with Crippen molar-refractivity contribution in [1.82, 2.24) is 20.2 Å². The van der Waals surface area contributed by atoms with Gasteiger partial charge in [-0.3, -0.25) is 4.79 Å². The number of nitrogens with zero attached hydrogens (tertiary/aromatic N) is 2. The van der Waals surface area contributed by atoms with Crippen LogP contribution in [-0.2, 0) is 6.54 Å². The summed E-state index contributed by atoms with van der Waals surface area (Å²) in [6.07, 6.45) is 1.67. The molecule has 152 valence electrons. The Morgan fingerprint density at radius 1 is 1.17 bits per heavy atom. The summed E-state index contributed by atoms with van der Waals surface area (Å²) in [5.74, 6) is -0.704. The van der Waals surface area contributed by atoms with Crippen molar-refractivity contribution in [3.63, 3.8) is 0 Å². The number of fused-ring (bicyclic) bond motifs is 1. The summed E-state index contributed by atoms with van der Waals surface area (Å²) in [6.45, 7) is 6.46. The SMILES string of the molecule is Cc1ccc(NC(=O)c2ccc3c(c2)ncn3CCNC(=O)NC(C)C)cc1F. The molecule has 0 unspecified atom stereocenters. The molecule has 3 amide bonds. The summed E-state index contributed by atoms with van der Waals surface area (Å²) < 4.78 is 15.6. The molecule has 0 aliphatic carbocycles. The van der Waals surface area contributed by atoms with Crippen LogP contribution in [0, 0.1) is 12.7 Å². The van der Waals surface area contributed by atoms with Crippen LogP contribution >= 0.6 is 0 Å². The molecule has 3 rings (SSSR count). The molecule has 1 heterocycles. The van der Waals surface area contributed by atoms with Crippen LogP contribution in [0.4, 0.5) is 14.9 Å². The van der Waals surface area contributed by atoms with E-state index in [1.807, 2.05) is 18.4 Å². The van der Waals surface area contributed by atoms with E-state index >= 15 is 0 Å². The highest BCUT2D eigenvalue weighted by Gasteiger charge is 2.11. The molecular weight excluding hydrogens is 373 g/mol. The smallest absolute Gasteiger partial charge is 0.315 e. The topological polar surface area (TPSA) is 88.1 Å². The Balaban J connectivity index is 1.65. The van der Waals surface area contributed by atoms with Gasteiger partial charge in [0.05, 0.1) is 17.4 Å². The largest absolute Gasteiger partial charge is 0.336 e. The van der Waals surface area contributed by atoms with Crippen LogP contribution in [0.25, 0.3) is 11.0 Å². The molecule has 0 fully saturated rings. The number of nitrogens with one attached hydrogen (secondary N) is 3. The van der Waals surface area contributed by atoms with Crippen molar-refractivity contribution >= 4 is 28.7 Å². The number of urea groups is 1. The quantitative estimate of drug-likeness (QED) is 0.595. The van der Waals surface area contributed by atoms with Gasteiger partial charge in [0.2, 0.25) is 0 Å². The maximum atomic E-state index is 13.7. The first-order valence-electron chi connectivity index (χ1n) is 9.40. The van der Waals surface area contributed by atoms with Gasteiger partial charge in [-0.1, -0.05) is 6.07 Å². The first-order chi connectivity index (χ1) is 13.8. The lowest BCUT2D eigenvalue weighted by Gasteiger charge is -2.11. The second-order valence-electron chi connectivity index (χ2n) is 7.11. The Hall–Kier alpha value is -3.42. The highest BCUT2D eigenvalue weighted by molar-refractivity contribution is 6.05. The molecule has 3 N–H and O–H groups in total. The Bertz CT molecular complexity index is 1040. The van der Waals surface area contributed by atoms with Gasteiger partial charge >= 0.3 is 6.03 Å². The number of rotatable bonds is 6. The fourth-order valence-electron chi connectivity index (χ4n) is 2.86. The van der Waals surface area contributed by atoms with Gasteiger partial charge < -0.3 is 20.5 Å². The molecule has 0 spiro atoms. The monoisotopic (exact) mass is 397 g/mol. The van der Waals surface area contributed by atoms with E-state index in [1.54, 1.807) is 43.6 Å². The first-order valence-corrected chi connectivity index (χ1v) is 9.40. The van der Waals surface area contributed by atoms with Crippen molar-refractivity contribution in [2.24, 2.45) is 0 Å². The molecule has 0 radical (unpaired) electrons. The molecule has 0 saturated heterocycles. The summed E-state index contributed by atoms with van der Waals surface area (Å²) in [5, 5.41) is 8.24. The van der Waals surface area contributed by atoms with E-state index < -0.39 is 0 Å². The van der Waals surface area contributed by atoms with E-state index in [2.05, 4.69) is 20.9 Å². The van der Waals surface area contributed by atoms with Crippen molar-refractivity contribution < 1.29 is 14.0 Å². The van der Waals surface area contributed by atoms with Gasteiger partial charge in [-0.05, 0) is 56.7 Å². The lowest BCUT2D eigenvalue weighted by Crippen LogP contribution is -2.40. The summed E-state index contributed by atoms with van der Waals surface area (Å²) in [7, 11) is 0. The minimum absolute atomic E-state index is 0.0741. The van der Waals surface area contributed by atoms with Crippen LogP contribution in [0.1, 0.15) is 29.8 Å². The van der Waals surface area contributed by atoms with Gasteiger partial charge in [0.25, 0.3) is 5.91 Å². The van der Waals surface area contributed by atoms with E-state index in [1.165, 1.54) is 6.07 Å². The summed E-state index contributed by atoms with van der Waals surface area (Å²) >= 11 is 0. The van der Waals surface area contributed by atoms with Gasteiger partial charge in [0.1, 0.15) is 5.82 Å². The Kier molecular flexibility index (Phi) is 6.11. The van der Waals surface area contributed by atoms with Crippen LogP contribution in [-0.4, -0.2) is 34.1 Å². The number of aromatic nitrogens is 2. The molecule has 1 aromatic heterocycles. The van der Waals surface area contributed by atoms with Crippen LogP contribution < -0.4 is 16.0 Å². The zero-order valence-electron chi connectivity index (χ0n) is 16.6.